The number of ether oxygens (including phenoxy) is 1. The number of morpholine rings is 1. The van der Waals surface area contributed by atoms with Gasteiger partial charge < -0.3 is 15.2 Å². The highest BCUT2D eigenvalue weighted by Gasteiger charge is 2.36. The molecule has 2 aromatic carbocycles. The molecule has 0 spiro atoms. The zero-order valence-corrected chi connectivity index (χ0v) is 20.8. The van der Waals surface area contributed by atoms with Crippen molar-refractivity contribution in [3.63, 3.8) is 0 Å². The molecule has 7 nitrogen and oxygen atoms in total. The van der Waals surface area contributed by atoms with Crippen LogP contribution in [0.2, 0.25) is 0 Å². The lowest BCUT2D eigenvalue weighted by Crippen LogP contribution is -2.36. The summed E-state index contributed by atoms with van der Waals surface area (Å²) in [7, 11) is 1.31. The summed E-state index contributed by atoms with van der Waals surface area (Å²) in [6, 6.07) is 10.8. The first kappa shape index (κ1) is 30.0. The van der Waals surface area contributed by atoms with Crippen LogP contribution in [0, 0.1) is 0 Å². The third-order valence-corrected chi connectivity index (χ3v) is 5.57. The summed E-state index contributed by atoms with van der Waals surface area (Å²) >= 11 is 0. The lowest BCUT2D eigenvalue weighted by atomic mass is 10.0. The predicted molar refractivity (Wildman–Crippen MR) is 130 cm³/mol. The molecule has 0 amide bonds. The number of hydrogen-bond acceptors (Lipinski definition) is 5. The molecular formula is C26H25F6N4O3-. The highest BCUT2D eigenvalue weighted by molar-refractivity contribution is 5.94. The number of halogens is 6. The first-order chi connectivity index (χ1) is 18.4. The maximum Gasteiger partial charge on any atom is 0.416 e. The van der Waals surface area contributed by atoms with Crippen molar-refractivity contribution in [1.82, 2.24) is 14.9 Å². The molecule has 0 radical (unpaired) electrons. The highest BCUT2D eigenvalue weighted by Crippen LogP contribution is 2.36. The van der Waals surface area contributed by atoms with Crippen molar-refractivity contribution >= 4 is 5.97 Å². The normalized spacial score (nSPS) is 14.4. The van der Waals surface area contributed by atoms with Crippen LogP contribution in [0.1, 0.15) is 32.9 Å². The molecule has 1 aliphatic heterocycles. The van der Waals surface area contributed by atoms with E-state index in [1.807, 2.05) is 30.3 Å². The number of hydrogen-bond donors (Lipinski definition) is 1. The number of carbonyl (C=O) groups is 1. The summed E-state index contributed by atoms with van der Waals surface area (Å²) in [5.41, 5.74) is -1.37. The van der Waals surface area contributed by atoms with Crippen molar-refractivity contribution in [2.24, 2.45) is 0 Å². The van der Waals surface area contributed by atoms with Gasteiger partial charge in [-0.2, -0.15) is 33.4 Å². The summed E-state index contributed by atoms with van der Waals surface area (Å²) < 4.78 is 79.6. The molecule has 3 aromatic rings. The molecule has 0 atom stereocenters. The first-order valence-corrected chi connectivity index (χ1v) is 11.7. The quantitative estimate of drug-likeness (QED) is 0.381. The van der Waals surface area contributed by atoms with E-state index in [9.17, 15) is 36.2 Å². The maximum absolute atomic E-state index is 12.4. The molecule has 1 aromatic heterocycles. The smallest absolute Gasteiger partial charge is 0.416 e. The number of aromatic carboxylic acids is 1. The Kier molecular flexibility index (Phi) is 10.0. The van der Waals surface area contributed by atoms with E-state index in [1.54, 1.807) is 0 Å². The third-order valence-electron chi connectivity index (χ3n) is 5.57. The van der Waals surface area contributed by atoms with Crippen LogP contribution in [0.15, 0.2) is 54.7 Å². The molecule has 0 unspecified atom stereocenters. The van der Waals surface area contributed by atoms with Crippen LogP contribution in [-0.2, 0) is 30.2 Å². The first-order valence-electron chi connectivity index (χ1n) is 11.7. The molecular weight excluding hydrogens is 530 g/mol. The molecule has 0 aliphatic carbocycles. The molecule has 39 heavy (non-hydrogen) atoms. The number of carboxylic acids is 1. The minimum absolute atomic E-state index is 0.0964. The van der Waals surface area contributed by atoms with Gasteiger partial charge in [0.15, 0.2) is 0 Å². The van der Waals surface area contributed by atoms with Crippen molar-refractivity contribution in [2.75, 3.05) is 33.4 Å². The Bertz CT molecular complexity index is 1210. The Labute approximate surface area is 220 Å². The monoisotopic (exact) mass is 555 g/mol. The molecule has 1 saturated heterocycles. The lowest BCUT2D eigenvalue weighted by molar-refractivity contribution is -0.143. The Morgan fingerprint density at radius 1 is 1.00 bits per heavy atom. The van der Waals surface area contributed by atoms with E-state index in [4.69, 9.17) is 4.74 Å². The van der Waals surface area contributed by atoms with E-state index in [0.717, 1.165) is 18.7 Å². The fraction of sp³-hybridized carbons (Fsp3) is 0.346. The van der Waals surface area contributed by atoms with E-state index in [2.05, 4.69) is 20.2 Å². The summed E-state index contributed by atoms with van der Waals surface area (Å²) in [4.78, 5) is 22.3. The van der Waals surface area contributed by atoms with E-state index in [-0.39, 0.29) is 23.7 Å². The Balaban J connectivity index is 0.000000224. The van der Waals surface area contributed by atoms with Gasteiger partial charge >= 0.3 is 18.3 Å². The van der Waals surface area contributed by atoms with E-state index < -0.39 is 29.4 Å². The van der Waals surface area contributed by atoms with Crippen LogP contribution in [-0.4, -0.2) is 59.3 Å². The van der Waals surface area contributed by atoms with Crippen LogP contribution in [0.25, 0.3) is 16.6 Å². The summed E-state index contributed by atoms with van der Waals surface area (Å²) in [6.07, 6.45) is -8.21. The molecule has 210 valence electrons. The van der Waals surface area contributed by atoms with Crippen LogP contribution >= 0.6 is 0 Å². The van der Waals surface area contributed by atoms with Crippen molar-refractivity contribution in [2.45, 2.75) is 25.4 Å². The largest absolute Gasteiger partial charge is 0.661 e. The van der Waals surface area contributed by atoms with Crippen molar-refractivity contribution in [3.05, 3.63) is 88.1 Å². The molecule has 0 bridgehead atoms. The third kappa shape index (κ3) is 8.73. The van der Waals surface area contributed by atoms with Crippen LogP contribution in [0.3, 0.4) is 0 Å². The van der Waals surface area contributed by atoms with Crippen LogP contribution < -0.4 is 0 Å². The highest BCUT2D eigenvalue weighted by atomic mass is 19.4. The van der Waals surface area contributed by atoms with Gasteiger partial charge in [0.25, 0.3) is 0 Å². The van der Waals surface area contributed by atoms with Gasteiger partial charge in [-0.1, -0.05) is 35.9 Å². The van der Waals surface area contributed by atoms with Gasteiger partial charge in [-0.15, -0.1) is 6.54 Å². The number of benzene rings is 2. The van der Waals surface area contributed by atoms with E-state index >= 15 is 0 Å². The fourth-order valence-electron chi connectivity index (χ4n) is 3.72. The van der Waals surface area contributed by atoms with Gasteiger partial charge in [0.2, 0.25) is 0 Å². The topological polar surface area (TPSA) is 89.7 Å². The fourth-order valence-corrected chi connectivity index (χ4v) is 3.72. The molecule has 1 N–H and O–H groups in total. The molecule has 1 aliphatic rings. The molecule has 2 heterocycles. The van der Waals surface area contributed by atoms with Gasteiger partial charge in [0, 0.05) is 24.8 Å². The number of nitrogens with zero attached hydrogens (tertiary/aromatic N) is 4. The van der Waals surface area contributed by atoms with E-state index in [0.29, 0.717) is 43.4 Å². The number of carboxylic acid groups (broad SMARTS) is 1. The Morgan fingerprint density at radius 2 is 1.59 bits per heavy atom. The Hall–Kier alpha value is -3.55. The van der Waals surface area contributed by atoms with Crippen LogP contribution in [0.5, 0.6) is 0 Å². The number of rotatable bonds is 6. The van der Waals surface area contributed by atoms with Gasteiger partial charge in [-0.3, -0.25) is 4.90 Å². The van der Waals surface area contributed by atoms with E-state index in [1.165, 1.54) is 13.2 Å². The minimum Gasteiger partial charge on any atom is -0.661 e. The number of aromatic nitrogens is 2. The van der Waals surface area contributed by atoms with Gasteiger partial charge in [0.05, 0.1) is 36.6 Å². The second kappa shape index (κ2) is 13.0. The van der Waals surface area contributed by atoms with Crippen molar-refractivity contribution in [3.8, 4) is 11.3 Å². The Morgan fingerprint density at radius 3 is 2.10 bits per heavy atom. The minimum atomic E-state index is -4.80. The molecule has 0 saturated carbocycles. The van der Waals surface area contributed by atoms with Gasteiger partial charge in [-0.25, -0.2) is 14.8 Å². The standard InChI is InChI=1S/C16H17N3O3.C10H8F6N/c20-16(21)13-10-17-14(11-19-6-8-22-9-7-19)18-15(13)12-4-2-1-3-5-12;1-17-5-6-2-7(9(11,12)13)4-8(3-6)10(14,15)16/h1-5,10H,6-9,11H2,(H,20,21);2-4H,5H2,1H3/q;-1. The van der Waals surface area contributed by atoms with Gasteiger partial charge in [-0.05, 0) is 18.2 Å². The lowest BCUT2D eigenvalue weighted by Gasteiger charge is -2.25. The zero-order valence-electron chi connectivity index (χ0n) is 20.8. The van der Waals surface area contributed by atoms with Crippen molar-refractivity contribution < 1.29 is 41.0 Å². The SMILES string of the molecule is C[N-]Cc1cc(C(F)(F)F)cc(C(F)(F)F)c1.O=C(O)c1cnc(CN2CCOCC2)nc1-c1ccccc1. The second-order valence-corrected chi connectivity index (χ2v) is 8.50. The van der Waals surface area contributed by atoms with Crippen molar-refractivity contribution in [1.29, 1.82) is 0 Å². The average molecular weight is 555 g/mol. The summed E-state index contributed by atoms with van der Waals surface area (Å²) in [6.45, 7) is 3.50. The summed E-state index contributed by atoms with van der Waals surface area (Å²) in [5.74, 6) is -0.387. The molecule has 13 heteroatoms. The second-order valence-electron chi connectivity index (χ2n) is 8.50. The molecule has 1 fully saturated rings. The number of alkyl halides is 6. The van der Waals surface area contributed by atoms with Crippen LogP contribution in [0.4, 0.5) is 26.3 Å². The zero-order chi connectivity index (χ0) is 28.6. The summed E-state index contributed by atoms with van der Waals surface area (Å²) in [5, 5.41) is 12.8. The molecule has 4 rings (SSSR count). The van der Waals surface area contributed by atoms with Gasteiger partial charge in [0.1, 0.15) is 11.4 Å². The average Bonchev–Trinajstić information content (AvgIpc) is 2.89. The predicted octanol–water partition coefficient (Wildman–Crippen LogP) is 5.90. The maximum atomic E-state index is 12.4.